The molecule has 0 aliphatic rings. The fraction of sp³-hybridized carbons (Fsp3) is 0.0625. The zero-order valence-electron chi connectivity index (χ0n) is 11.4. The van der Waals surface area contributed by atoms with Gasteiger partial charge >= 0.3 is 5.97 Å². The topological polar surface area (TPSA) is 79.3 Å². The molecule has 2 aromatic rings. The van der Waals surface area contributed by atoms with Crippen LogP contribution >= 0.6 is 0 Å². The molecule has 5 nitrogen and oxygen atoms in total. The van der Waals surface area contributed by atoms with Crippen LogP contribution in [0, 0.1) is 6.92 Å². The highest BCUT2D eigenvalue weighted by Crippen LogP contribution is 2.09. The fourth-order valence-corrected chi connectivity index (χ4v) is 1.73. The van der Waals surface area contributed by atoms with E-state index in [1.807, 2.05) is 31.2 Å². The summed E-state index contributed by atoms with van der Waals surface area (Å²) in [5.41, 5.74) is 1.89. The SMILES string of the molecule is Cc1ccccc1C=CC(=O)Nc1cccc(C(=O)O)n1. The van der Waals surface area contributed by atoms with Gasteiger partial charge < -0.3 is 10.4 Å². The smallest absolute Gasteiger partial charge is 0.354 e. The Labute approximate surface area is 122 Å². The van der Waals surface area contributed by atoms with Crippen LogP contribution < -0.4 is 5.32 Å². The van der Waals surface area contributed by atoms with E-state index in [9.17, 15) is 9.59 Å². The minimum atomic E-state index is -1.14. The Morgan fingerprint density at radius 3 is 2.62 bits per heavy atom. The maximum absolute atomic E-state index is 11.8. The summed E-state index contributed by atoms with van der Waals surface area (Å²) in [5, 5.41) is 11.4. The molecule has 106 valence electrons. The summed E-state index contributed by atoms with van der Waals surface area (Å²) in [6.07, 6.45) is 3.09. The first-order valence-electron chi connectivity index (χ1n) is 6.31. The van der Waals surface area contributed by atoms with Crippen LogP contribution in [0.25, 0.3) is 6.08 Å². The van der Waals surface area contributed by atoms with Gasteiger partial charge in [-0.05, 0) is 36.3 Å². The highest BCUT2D eigenvalue weighted by Gasteiger charge is 2.06. The molecule has 0 unspecified atom stereocenters. The number of anilines is 1. The lowest BCUT2D eigenvalue weighted by Crippen LogP contribution is -2.11. The van der Waals surface area contributed by atoms with Gasteiger partial charge in [0.15, 0.2) is 5.69 Å². The Morgan fingerprint density at radius 1 is 1.14 bits per heavy atom. The van der Waals surface area contributed by atoms with Crippen molar-refractivity contribution in [3.8, 4) is 0 Å². The van der Waals surface area contributed by atoms with Crippen molar-refractivity contribution < 1.29 is 14.7 Å². The van der Waals surface area contributed by atoms with Gasteiger partial charge in [-0.2, -0.15) is 0 Å². The molecule has 1 aromatic heterocycles. The number of aromatic nitrogens is 1. The molecule has 2 N–H and O–H groups in total. The first kappa shape index (κ1) is 14.5. The van der Waals surface area contributed by atoms with Crippen molar-refractivity contribution in [3.05, 3.63) is 65.4 Å². The average Bonchev–Trinajstić information content (AvgIpc) is 2.46. The minimum Gasteiger partial charge on any atom is -0.477 e. The first-order valence-corrected chi connectivity index (χ1v) is 6.31. The third kappa shape index (κ3) is 4.01. The van der Waals surface area contributed by atoms with Gasteiger partial charge in [0.25, 0.3) is 0 Å². The number of hydrogen-bond donors (Lipinski definition) is 2. The summed E-state index contributed by atoms with van der Waals surface area (Å²) in [5.74, 6) is -1.30. The number of aryl methyl sites for hydroxylation is 1. The van der Waals surface area contributed by atoms with Gasteiger partial charge in [-0.15, -0.1) is 0 Å². The Kier molecular flexibility index (Phi) is 4.46. The number of carboxylic acids is 1. The molecule has 0 fully saturated rings. The van der Waals surface area contributed by atoms with Crippen LogP contribution in [-0.2, 0) is 4.79 Å². The predicted octanol–water partition coefficient (Wildman–Crippen LogP) is 2.74. The number of carbonyl (C=O) groups is 2. The normalized spacial score (nSPS) is 10.5. The number of nitrogens with zero attached hydrogens (tertiary/aromatic N) is 1. The quantitative estimate of drug-likeness (QED) is 0.845. The number of hydrogen-bond acceptors (Lipinski definition) is 3. The Bertz CT molecular complexity index is 708. The van der Waals surface area contributed by atoms with Gasteiger partial charge in [0.2, 0.25) is 5.91 Å². The molecular weight excluding hydrogens is 268 g/mol. The lowest BCUT2D eigenvalue weighted by Gasteiger charge is -2.02. The highest BCUT2D eigenvalue weighted by atomic mass is 16.4. The molecule has 1 heterocycles. The van der Waals surface area contributed by atoms with Gasteiger partial charge in [-0.25, -0.2) is 9.78 Å². The van der Waals surface area contributed by atoms with E-state index < -0.39 is 5.97 Å². The molecule has 0 radical (unpaired) electrons. The Balaban J connectivity index is 2.07. The summed E-state index contributed by atoms with van der Waals surface area (Å²) in [4.78, 5) is 26.4. The molecule has 0 atom stereocenters. The van der Waals surface area contributed by atoms with Crippen LogP contribution in [-0.4, -0.2) is 22.0 Å². The number of amides is 1. The molecule has 0 aliphatic carbocycles. The van der Waals surface area contributed by atoms with Crippen molar-refractivity contribution in [2.45, 2.75) is 6.92 Å². The molecule has 2 rings (SSSR count). The third-order valence-electron chi connectivity index (χ3n) is 2.82. The zero-order valence-corrected chi connectivity index (χ0v) is 11.4. The molecule has 1 aromatic carbocycles. The summed E-state index contributed by atoms with van der Waals surface area (Å²) in [6, 6.07) is 12.1. The lowest BCUT2D eigenvalue weighted by molar-refractivity contribution is -0.111. The van der Waals surface area contributed by atoms with Crippen molar-refractivity contribution in [2.24, 2.45) is 0 Å². The van der Waals surface area contributed by atoms with Crippen LogP contribution in [0.1, 0.15) is 21.6 Å². The van der Waals surface area contributed by atoms with Crippen LogP contribution in [0.4, 0.5) is 5.82 Å². The van der Waals surface area contributed by atoms with Crippen molar-refractivity contribution in [3.63, 3.8) is 0 Å². The summed E-state index contributed by atoms with van der Waals surface area (Å²) in [6.45, 7) is 1.95. The van der Waals surface area contributed by atoms with Crippen molar-refractivity contribution in [1.82, 2.24) is 4.98 Å². The van der Waals surface area contributed by atoms with Crippen molar-refractivity contribution in [1.29, 1.82) is 0 Å². The molecular formula is C16H14N2O3. The van der Waals surface area contributed by atoms with Gasteiger partial charge in [-0.1, -0.05) is 30.3 Å². The lowest BCUT2D eigenvalue weighted by atomic mass is 10.1. The third-order valence-corrected chi connectivity index (χ3v) is 2.82. The van der Waals surface area contributed by atoms with E-state index in [0.29, 0.717) is 0 Å². The molecule has 21 heavy (non-hydrogen) atoms. The number of benzene rings is 1. The summed E-state index contributed by atoms with van der Waals surface area (Å²) >= 11 is 0. The van der Waals surface area contributed by atoms with Gasteiger partial charge in [0.05, 0.1) is 0 Å². The van der Waals surface area contributed by atoms with E-state index in [1.54, 1.807) is 6.08 Å². The highest BCUT2D eigenvalue weighted by molar-refractivity contribution is 6.01. The number of carboxylic acid groups (broad SMARTS) is 1. The second kappa shape index (κ2) is 6.47. The summed E-state index contributed by atoms with van der Waals surface area (Å²) in [7, 11) is 0. The van der Waals surface area contributed by atoms with E-state index in [4.69, 9.17) is 5.11 Å². The zero-order chi connectivity index (χ0) is 15.2. The maximum Gasteiger partial charge on any atom is 0.354 e. The van der Waals surface area contributed by atoms with Crippen molar-refractivity contribution in [2.75, 3.05) is 5.32 Å². The Hall–Kier alpha value is -2.95. The standard InChI is InChI=1S/C16H14N2O3/c1-11-5-2-3-6-12(11)9-10-15(19)18-14-8-4-7-13(17-14)16(20)21/h2-10H,1H3,(H,20,21)(H,17,18,19). The van der Waals surface area contributed by atoms with Crippen LogP contribution in [0.3, 0.4) is 0 Å². The molecule has 0 saturated heterocycles. The minimum absolute atomic E-state index is 0.115. The van der Waals surface area contributed by atoms with E-state index >= 15 is 0 Å². The van der Waals surface area contributed by atoms with Crippen LogP contribution in [0.2, 0.25) is 0 Å². The second-order valence-corrected chi connectivity index (χ2v) is 4.39. The van der Waals surface area contributed by atoms with E-state index in [0.717, 1.165) is 11.1 Å². The largest absolute Gasteiger partial charge is 0.477 e. The maximum atomic E-state index is 11.8. The summed E-state index contributed by atoms with van der Waals surface area (Å²) < 4.78 is 0. The average molecular weight is 282 g/mol. The van der Waals surface area contributed by atoms with Gasteiger partial charge in [0.1, 0.15) is 5.82 Å². The molecule has 1 amide bonds. The van der Waals surface area contributed by atoms with Gasteiger partial charge in [0, 0.05) is 6.08 Å². The first-order chi connectivity index (χ1) is 10.1. The van der Waals surface area contributed by atoms with E-state index in [-0.39, 0.29) is 17.4 Å². The van der Waals surface area contributed by atoms with E-state index in [2.05, 4.69) is 10.3 Å². The number of nitrogens with one attached hydrogen (secondary N) is 1. The Morgan fingerprint density at radius 2 is 1.90 bits per heavy atom. The molecule has 0 bridgehead atoms. The number of rotatable bonds is 4. The van der Waals surface area contributed by atoms with Crippen LogP contribution in [0.15, 0.2) is 48.5 Å². The predicted molar refractivity (Wildman–Crippen MR) is 80.0 cm³/mol. The molecule has 5 heteroatoms. The van der Waals surface area contributed by atoms with E-state index in [1.165, 1.54) is 24.3 Å². The molecule has 0 aliphatic heterocycles. The van der Waals surface area contributed by atoms with Crippen LogP contribution in [0.5, 0.6) is 0 Å². The number of carbonyl (C=O) groups excluding carboxylic acids is 1. The number of pyridine rings is 1. The number of aromatic carboxylic acids is 1. The van der Waals surface area contributed by atoms with Crippen molar-refractivity contribution >= 4 is 23.8 Å². The van der Waals surface area contributed by atoms with Gasteiger partial charge in [-0.3, -0.25) is 4.79 Å². The monoisotopic (exact) mass is 282 g/mol. The molecule has 0 spiro atoms. The fourth-order valence-electron chi connectivity index (χ4n) is 1.73. The molecule has 0 saturated carbocycles. The second-order valence-electron chi connectivity index (χ2n) is 4.39.